The summed E-state index contributed by atoms with van der Waals surface area (Å²) in [5, 5.41) is 9.11. The molecular weight excluding hydrogens is 391 g/mol. The molecule has 2 N–H and O–H groups in total. The quantitative estimate of drug-likeness (QED) is 0.666. The first kappa shape index (κ1) is 19.7. The molecule has 0 spiro atoms. The smallest absolute Gasteiger partial charge is 0.267 e. The van der Waals surface area contributed by atoms with E-state index in [1.807, 2.05) is 0 Å². The second-order valence-corrected chi connectivity index (χ2v) is 7.46. The Balaban J connectivity index is 2.10. The van der Waals surface area contributed by atoms with E-state index >= 15 is 0 Å². The minimum Gasteiger partial charge on any atom is -0.267 e. The van der Waals surface area contributed by atoms with Crippen molar-refractivity contribution in [3.05, 3.63) is 71.4 Å². The highest BCUT2D eigenvalue weighted by atomic mass is 32.2. The number of nitrogens with two attached hydrogens (primary N) is 1. The van der Waals surface area contributed by atoms with Crippen molar-refractivity contribution in [3.63, 3.8) is 0 Å². The maximum Gasteiger partial charge on any atom is 0.417 e. The summed E-state index contributed by atoms with van der Waals surface area (Å²) >= 11 is 0. The molecule has 0 amide bonds. The van der Waals surface area contributed by atoms with E-state index < -0.39 is 21.8 Å². The van der Waals surface area contributed by atoms with Crippen LogP contribution in [-0.2, 0) is 23.2 Å². The van der Waals surface area contributed by atoms with Gasteiger partial charge >= 0.3 is 6.18 Å². The lowest BCUT2D eigenvalue weighted by molar-refractivity contribution is -0.137. The minimum atomic E-state index is -4.53. The molecule has 0 radical (unpaired) electrons. The number of alkyl halides is 3. The van der Waals surface area contributed by atoms with Gasteiger partial charge in [-0.2, -0.15) is 18.3 Å². The van der Waals surface area contributed by atoms with Crippen molar-refractivity contribution in [2.75, 3.05) is 0 Å². The number of halogens is 3. The molecule has 5 nitrogen and oxygen atoms in total. The third kappa shape index (κ3) is 4.08. The maximum absolute atomic E-state index is 13.4. The van der Waals surface area contributed by atoms with Gasteiger partial charge in [0.25, 0.3) is 0 Å². The van der Waals surface area contributed by atoms with Gasteiger partial charge in [-0.1, -0.05) is 36.1 Å². The highest BCUT2D eigenvalue weighted by Crippen LogP contribution is 2.37. The molecule has 0 unspecified atom stereocenters. The molecule has 144 valence electrons. The van der Waals surface area contributed by atoms with Crippen molar-refractivity contribution in [2.45, 2.75) is 11.1 Å². The van der Waals surface area contributed by atoms with E-state index in [9.17, 15) is 21.6 Å². The summed E-state index contributed by atoms with van der Waals surface area (Å²) in [5.74, 6) is 5.52. The molecule has 0 aliphatic heterocycles. The normalized spacial score (nSPS) is 11.8. The molecule has 3 aromatic rings. The Morgan fingerprint density at radius 1 is 1.07 bits per heavy atom. The van der Waals surface area contributed by atoms with Crippen molar-refractivity contribution >= 4 is 10.0 Å². The molecule has 1 heterocycles. The molecule has 2 aromatic carbocycles. The second kappa shape index (κ2) is 7.14. The Morgan fingerprint density at radius 2 is 1.79 bits per heavy atom. The van der Waals surface area contributed by atoms with Crippen molar-refractivity contribution in [2.24, 2.45) is 12.2 Å². The maximum atomic E-state index is 13.4. The van der Waals surface area contributed by atoms with Gasteiger partial charge in [0.2, 0.25) is 10.0 Å². The van der Waals surface area contributed by atoms with Gasteiger partial charge in [-0.25, -0.2) is 13.6 Å². The van der Waals surface area contributed by atoms with Gasteiger partial charge in [0.15, 0.2) is 0 Å². The molecule has 0 bridgehead atoms. The standard InChI is InChI=1S/C19H14F3N3O2S/c1-25-18(16-7-2-3-8-17(16)19(20,21)22)14(12-24-25)10-9-13-5-4-6-15(11-13)28(23,26)27/h2-8,11-12H,1H3,(H2,23,26,27). The van der Waals surface area contributed by atoms with Gasteiger partial charge in [0, 0.05) is 18.2 Å². The summed E-state index contributed by atoms with van der Waals surface area (Å²) in [6.45, 7) is 0. The van der Waals surface area contributed by atoms with Crippen molar-refractivity contribution < 1.29 is 21.6 Å². The second-order valence-electron chi connectivity index (χ2n) is 5.90. The van der Waals surface area contributed by atoms with E-state index in [0.717, 1.165) is 6.07 Å². The van der Waals surface area contributed by atoms with Crippen LogP contribution >= 0.6 is 0 Å². The number of hydrogen-bond acceptors (Lipinski definition) is 3. The van der Waals surface area contributed by atoms with Crippen LogP contribution in [0.2, 0.25) is 0 Å². The first-order valence-electron chi connectivity index (χ1n) is 7.91. The van der Waals surface area contributed by atoms with E-state index in [4.69, 9.17) is 5.14 Å². The lowest BCUT2D eigenvalue weighted by atomic mass is 10.0. The van der Waals surface area contributed by atoms with Gasteiger partial charge in [-0.15, -0.1) is 0 Å². The number of aryl methyl sites for hydroxylation is 1. The first-order chi connectivity index (χ1) is 13.1. The molecule has 0 saturated heterocycles. The highest BCUT2D eigenvalue weighted by molar-refractivity contribution is 7.89. The number of aromatic nitrogens is 2. The number of primary sulfonamides is 1. The average molecular weight is 405 g/mol. The van der Waals surface area contributed by atoms with Crippen molar-refractivity contribution in [1.82, 2.24) is 9.78 Å². The van der Waals surface area contributed by atoms with Gasteiger partial charge < -0.3 is 0 Å². The molecule has 0 fully saturated rings. The number of nitrogens with zero attached hydrogens (tertiary/aromatic N) is 2. The van der Waals surface area contributed by atoms with Crippen LogP contribution in [0.15, 0.2) is 59.6 Å². The van der Waals surface area contributed by atoms with Crippen molar-refractivity contribution in [3.8, 4) is 23.1 Å². The van der Waals surface area contributed by atoms with Gasteiger partial charge in [-0.05, 0) is 24.3 Å². The van der Waals surface area contributed by atoms with Crippen LogP contribution in [0.4, 0.5) is 13.2 Å². The van der Waals surface area contributed by atoms with Gasteiger partial charge in [0.05, 0.1) is 27.9 Å². The molecule has 0 aliphatic rings. The summed E-state index contributed by atoms with van der Waals surface area (Å²) in [7, 11) is -2.36. The van der Waals surface area contributed by atoms with E-state index in [1.165, 1.54) is 54.3 Å². The number of rotatable bonds is 2. The predicted molar refractivity (Wildman–Crippen MR) is 97.4 cm³/mol. The number of sulfonamides is 1. The summed E-state index contributed by atoms with van der Waals surface area (Å²) < 4.78 is 64.3. The highest BCUT2D eigenvalue weighted by Gasteiger charge is 2.34. The summed E-state index contributed by atoms with van der Waals surface area (Å²) in [4.78, 5) is -0.104. The zero-order valence-electron chi connectivity index (χ0n) is 14.5. The Labute approximate surface area is 159 Å². The van der Waals surface area contributed by atoms with Gasteiger partial charge in [0.1, 0.15) is 0 Å². The zero-order chi connectivity index (χ0) is 20.5. The van der Waals surface area contributed by atoms with Crippen LogP contribution in [0.1, 0.15) is 16.7 Å². The first-order valence-corrected chi connectivity index (χ1v) is 9.45. The summed E-state index contributed by atoms with van der Waals surface area (Å²) in [5.41, 5.74) is 0.00382. The summed E-state index contributed by atoms with van der Waals surface area (Å²) in [6.07, 6.45) is -3.17. The lowest BCUT2D eigenvalue weighted by Crippen LogP contribution is -2.11. The van der Waals surface area contributed by atoms with E-state index in [2.05, 4.69) is 16.9 Å². The number of hydrogen-bond donors (Lipinski definition) is 1. The molecule has 9 heteroatoms. The Kier molecular flexibility index (Phi) is 5.02. The van der Waals surface area contributed by atoms with E-state index in [0.29, 0.717) is 5.56 Å². The molecule has 1 aromatic heterocycles. The molecule has 3 rings (SSSR count). The zero-order valence-corrected chi connectivity index (χ0v) is 15.3. The minimum absolute atomic E-state index is 0.0439. The Morgan fingerprint density at radius 3 is 2.46 bits per heavy atom. The van der Waals surface area contributed by atoms with Crippen molar-refractivity contribution in [1.29, 1.82) is 0 Å². The fourth-order valence-electron chi connectivity index (χ4n) is 2.68. The molecule has 0 saturated carbocycles. The Bertz CT molecular complexity index is 1200. The molecule has 28 heavy (non-hydrogen) atoms. The number of benzene rings is 2. The fourth-order valence-corrected chi connectivity index (χ4v) is 3.24. The lowest BCUT2D eigenvalue weighted by Gasteiger charge is -2.13. The Hall–Kier alpha value is -3.09. The summed E-state index contributed by atoms with van der Waals surface area (Å²) in [6, 6.07) is 10.8. The SMILES string of the molecule is Cn1ncc(C#Cc2cccc(S(N)(=O)=O)c2)c1-c1ccccc1C(F)(F)F. The van der Waals surface area contributed by atoms with Crippen LogP contribution in [0, 0.1) is 11.8 Å². The predicted octanol–water partition coefficient (Wildman–Crippen LogP) is 3.15. The largest absolute Gasteiger partial charge is 0.417 e. The fraction of sp³-hybridized carbons (Fsp3) is 0.105. The monoisotopic (exact) mass is 405 g/mol. The van der Waals surface area contributed by atoms with Crippen LogP contribution < -0.4 is 5.14 Å². The molecule has 0 aliphatic carbocycles. The third-order valence-electron chi connectivity index (χ3n) is 3.93. The van der Waals surface area contributed by atoms with Crippen LogP contribution in [0.25, 0.3) is 11.3 Å². The third-order valence-corrected chi connectivity index (χ3v) is 4.84. The average Bonchev–Trinajstić information content (AvgIpc) is 2.99. The van der Waals surface area contributed by atoms with Crippen LogP contribution in [0.3, 0.4) is 0 Å². The van der Waals surface area contributed by atoms with E-state index in [-0.39, 0.29) is 21.7 Å². The van der Waals surface area contributed by atoms with Gasteiger partial charge in [-0.3, -0.25) is 4.68 Å². The molecule has 0 atom stereocenters. The van der Waals surface area contributed by atoms with E-state index in [1.54, 1.807) is 6.07 Å². The topological polar surface area (TPSA) is 78.0 Å². The molecular formula is C19H14F3N3O2S. The van der Waals surface area contributed by atoms with Crippen LogP contribution in [0.5, 0.6) is 0 Å². The van der Waals surface area contributed by atoms with Crippen LogP contribution in [-0.4, -0.2) is 18.2 Å².